The van der Waals surface area contributed by atoms with Crippen LogP contribution in [0.15, 0.2) is 30.3 Å². The monoisotopic (exact) mass is 298 g/mol. The van der Waals surface area contributed by atoms with Gasteiger partial charge in [0.15, 0.2) is 0 Å². The van der Waals surface area contributed by atoms with E-state index in [1.54, 1.807) is 0 Å². The van der Waals surface area contributed by atoms with Crippen molar-refractivity contribution in [3.8, 4) is 0 Å². The van der Waals surface area contributed by atoms with E-state index in [2.05, 4.69) is 47.5 Å². The third-order valence-electron chi connectivity index (χ3n) is 6.22. The van der Waals surface area contributed by atoms with Crippen molar-refractivity contribution in [2.24, 2.45) is 11.3 Å². The molecule has 1 N–H and O–H groups in total. The molecule has 22 heavy (non-hydrogen) atoms. The van der Waals surface area contributed by atoms with E-state index >= 15 is 0 Å². The van der Waals surface area contributed by atoms with Crippen LogP contribution < -0.4 is 5.32 Å². The highest BCUT2D eigenvalue weighted by Crippen LogP contribution is 2.59. The smallest absolute Gasteiger partial charge is 0.226 e. The molecular weight excluding hydrogens is 272 g/mol. The molecule has 3 nitrogen and oxygen atoms in total. The topological polar surface area (TPSA) is 32.3 Å². The molecule has 3 aliphatic rings. The van der Waals surface area contributed by atoms with Crippen LogP contribution in [0.2, 0.25) is 0 Å². The van der Waals surface area contributed by atoms with E-state index in [9.17, 15) is 4.79 Å². The molecule has 3 fully saturated rings. The molecule has 0 bridgehead atoms. The Labute approximate surface area is 133 Å². The summed E-state index contributed by atoms with van der Waals surface area (Å²) in [4.78, 5) is 15.2. The second-order valence-electron chi connectivity index (χ2n) is 7.55. The van der Waals surface area contributed by atoms with E-state index in [0.717, 1.165) is 32.5 Å². The zero-order valence-corrected chi connectivity index (χ0v) is 13.4. The fourth-order valence-corrected chi connectivity index (χ4v) is 4.68. The van der Waals surface area contributed by atoms with Crippen molar-refractivity contribution in [2.75, 3.05) is 19.6 Å². The minimum Gasteiger partial charge on any atom is -0.339 e. The van der Waals surface area contributed by atoms with Gasteiger partial charge in [0.25, 0.3) is 0 Å². The van der Waals surface area contributed by atoms with Gasteiger partial charge in [-0.15, -0.1) is 0 Å². The molecule has 1 aromatic rings. The average Bonchev–Trinajstić information content (AvgIpc) is 3.09. The first kappa shape index (κ1) is 14.3. The Balaban J connectivity index is 1.44. The molecule has 3 atom stereocenters. The van der Waals surface area contributed by atoms with Crippen molar-refractivity contribution in [2.45, 2.75) is 44.6 Å². The van der Waals surface area contributed by atoms with Gasteiger partial charge in [0.1, 0.15) is 0 Å². The number of likely N-dealkylation sites (tertiary alicyclic amines) is 1. The lowest BCUT2D eigenvalue weighted by Gasteiger charge is -2.26. The molecule has 1 aromatic carbocycles. The first-order valence-electron chi connectivity index (χ1n) is 8.76. The van der Waals surface area contributed by atoms with Crippen LogP contribution in [-0.2, 0) is 4.79 Å². The van der Waals surface area contributed by atoms with Crippen LogP contribution in [0.3, 0.4) is 0 Å². The van der Waals surface area contributed by atoms with E-state index in [4.69, 9.17) is 0 Å². The van der Waals surface area contributed by atoms with E-state index < -0.39 is 0 Å². The van der Waals surface area contributed by atoms with Crippen LogP contribution in [0.25, 0.3) is 0 Å². The fourth-order valence-electron chi connectivity index (χ4n) is 4.68. The van der Waals surface area contributed by atoms with Crippen molar-refractivity contribution >= 4 is 5.91 Å². The highest BCUT2D eigenvalue weighted by atomic mass is 16.2. The quantitative estimate of drug-likeness (QED) is 0.910. The molecule has 2 saturated heterocycles. The summed E-state index contributed by atoms with van der Waals surface area (Å²) in [5.41, 5.74) is 1.74. The summed E-state index contributed by atoms with van der Waals surface area (Å²) in [5, 5.41) is 3.42. The van der Waals surface area contributed by atoms with Crippen molar-refractivity contribution in [1.82, 2.24) is 10.2 Å². The van der Waals surface area contributed by atoms with Crippen LogP contribution >= 0.6 is 0 Å². The number of nitrogens with zero attached hydrogens (tertiary/aromatic N) is 1. The zero-order chi connectivity index (χ0) is 15.2. The molecule has 1 aliphatic carbocycles. The summed E-state index contributed by atoms with van der Waals surface area (Å²) in [7, 11) is 0. The Morgan fingerprint density at radius 1 is 1.23 bits per heavy atom. The fraction of sp³-hybridized carbons (Fsp3) is 0.632. The van der Waals surface area contributed by atoms with Crippen molar-refractivity contribution in [3.05, 3.63) is 35.9 Å². The van der Waals surface area contributed by atoms with Crippen LogP contribution in [0.5, 0.6) is 0 Å². The Hall–Kier alpha value is -1.35. The SMILES string of the molecule is CC1CC(c2ccccc2)CN1C(=O)C1CC12CCNCC2. The molecule has 0 aromatic heterocycles. The molecule has 4 rings (SSSR count). The lowest BCUT2D eigenvalue weighted by molar-refractivity contribution is -0.134. The molecule has 1 amide bonds. The molecule has 3 heteroatoms. The van der Waals surface area contributed by atoms with E-state index in [1.165, 1.54) is 18.4 Å². The second kappa shape index (κ2) is 5.38. The molecule has 1 saturated carbocycles. The van der Waals surface area contributed by atoms with Crippen LogP contribution in [-0.4, -0.2) is 36.5 Å². The standard InChI is InChI=1S/C19H26N2O/c1-14-11-16(15-5-3-2-4-6-15)13-21(14)18(22)17-12-19(17)7-9-20-10-8-19/h2-6,14,16-17,20H,7-13H2,1H3. The van der Waals surface area contributed by atoms with Crippen molar-refractivity contribution < 1.29 is 4.79 Å². The summed E-state index contributed by atoms with van der Waals surface area (Å²) in [6, 6.07) is 11.1. The van der Waals surface area contributed by atoms with Gasteiger partial charge in [0.05, 0.1) is 0 Å². The maximum Gasteiger partial charge on any atom is 0.226 e. The van der Waals surface area contributed by atoms with Crippen molar-refractivity contribution in [3.63, 3.8) is 0 Å². The van der Waals surface area contributed by atoms with Crippen molar-refractivity contribution in [1.29, 1.82) is 0 Å². The number of rotatable bonds is 2. The number of piperidine rings is 1. The predicted molar refractivity (Wildman–Crippen MR) is 87.6 cm³/mol. The summed E-state index contributed by atoms with van der Waals surface area (Å²) in [6.07, 6.45) is 4.62. The first-order chi connectivity index (χ1) is 10.7. The highest BCUT2D eigenvalue weighted by molar-refractivity contribution is 5.83. The molecule has 118 valence electrons. The maximum atomic E-state index is 13.0. The Bertz CT molecular complexity index is 550. The van der Waals surface area contributed by atoms with Gasteiger partial charge < -0.3 is 10.2 Å². The number of benzene rings is 1. The van der Waals surface area contributed by atoms with E-state index in [1.807, 2.05) is 0 Å². The summed E-state index contributed by atoms with van der Waals surface area (Å²) in [5.74, 6) is 1.27. The largest absolute Gasteiger partial charge is 0.339 e. The van der Waals surface area contributed by atoms with Gasteiger partial charge in [-0.1, -0.05) is 30.3 Å². The summed E-state index contributed by atoms with van der Waals surface area (Å²) in [6.45, 7) is 5.31. The Morgan fingerprint density at radius 3 is 2.68 bits per heavy atom. The highest BCUT2D eigenvalue weighted by Gasteiger charge is 2.59. The second-order valence-corrected chi connectivity index (χ2v) is 7.55. The van der Waals surface area contributed by atoms with Crippen LogP contribution in [0.4, 0.5) is 0 Å². The van der Waals surface area contributed by atoms with Gasteiger partial charge in [-0.25, -0.2) is 0 Å². The van der Waals surface area contributed by atoms with Gasteiger partial charge in [0.2, 0.25) is 5.91 Å². The molecule has 2 heterocycles. The molecule has 3 unspecified atom stereocenters. The molecule has 2 aliphatic heterocycles. The third-order valence-corrected chi connectivity index (χ3v) is 6.22. The van der Waals surface area contributed by atoms with Gasteiger partial charge in [0, 0.05) is 24.4 Å². The number of hydrogen-bond acceptors (Lipinski definition) is 2. The Kier molecular flexibility index (Phi) is 3.48. The summed E-state index contributed by atoms with van der Waals surface area (Å²) >= 11 is 0. The number of nitrogens with one attached hydrogen (secondary N) is 1. The number of carbonyl (C=O) groups excluding carboxylic acids is 1. The van der Waals surface area contributed by atoms with Gasteiger partial charge in [-0.2, -0.15) is 0 Å². The normalized spacial score (nSPS) is 33.1. The lowest BCUT2D eigenvalue weighted by Crippen LogP contribution is -2.38. The van der Waals surface area contributed by atoms with Crippen LogP contribution in [0, 0.1) is 11.3 Å². The van der Waals surface area contributed by atoms with Gasteiger partial charge >= 0.3 is 0 Å². The summed E-state index contributed by atoms with van der Waals surface area (Å²) < 4.78 is 0. The van der Waals surface area contributed by atoms with Crippen LogP contribution in [0.1, 0.15) is 44.1 Å². The predicted octanol–water partition coefficient (Wildman–Crippen LogP) is 2.78. The molecular formula is C19H26N2O. The van der Waals surface area contributed by atoms with Gasteiger partial charge in [-0.3, -0.25) is 4.79 Å². The third kappa shape index (κ3) is 2.36. The maximum absolute atomic E-state index is 13.0. The zero-order valence-electron chi connectivity index (χ0n) is 13.4. The van der Waals surface area contributed by atoms with E-state index in [-0.39, 0.29) is 0 Å². The number of amides is 1. The Morgan fingerprint density at radius 2 is 1.95 bits per heavy atom. The molecule has 1 spiro atoms. The molecule has 0 radical (unpaired) electrons. The van der Waals surface area contributed by atoms with Gasteiger partial charge in [-0.05, 0) is 56.7 Å². The first-order valence-corrected chi connectivity index (χ1v) is 8.76. The average molecular weight is 298 g/mol. The minimum atomic E-state index is 0.312. The van der Waals surface area contributed by atoms with E-state index in [0.29, 0.717) is 29.2 Å². The lowest BCUT2D eigenvalue weighted by atomic mass is 9.91. The number of carbonyl (C=O) groups is 1. The number of hydrogen-bond donors (Lipinski definition) is 1. The minimum absolute atomic E-state index is 0.312.